The Labute approximate surface area is 122 Å². The van der Waals surface area contributed by atoms with Crippen molar-refractivity contribution in [3.8, 4) is 0 Å². The second-order valence-corrected chi connectivity index (χ2v) is 7.24. The molecule has 0 saturated heterocycles. The molecule has 0 saturated carbocycles. The van der Waals surface area contributed by atoms with Crippen LogP contribution in [0.2, 0.25) is 0 Å². The van der Waals surface area contributed by atoms with Gasteiger partial charge in [0.1, 0.15) is 5.82 Å². The molecule has 2 N–H and O–H groups in total. The summed E-state index contributed by atoms with van der Waals surface area (Å²) < 4.78 is 2.32. The van der Waals surface area contributed by atoms with Gasteiger partial charge in [-0.25, -0.2) is 4.98 Å². The molecule has 1 aromatic carbocycles. The zero-order valence-corrected chi connectivity index (χ0v) is 13.8. The average Bonchev–Trinajstić information content (AvgIpc) is 2.66. The van der Waals surface area contributed by atoms with E-state index in [1.54, 1.807) is 0 Å². The van der Waals surface area contributed by atoms with E-state index in [0.29, 0.717) is 6.04 Å². The van der Waals surface area contributed by atoms with E-state index in [4.69, 9.17) is 10.7 Å². The Morgan fingerprint density at radius 1 is 1.15 bits per heavy atom. The minimum absolute atomic E-state index is 0.204. The molecule has 20 heavy (non-hydrogen) atoms. The largest absolute Gasteiger partial charge is 0.325 e. The topological polar surface area (TPSA) is 43.8 Å². The molecular formula is C17H27N3. The molecule has 1 aromatic heterocycles. The van der Waals surface area contributed by atoms with Crippen LogP contribution in [0.15, 0.2) is 18.2 Å². The first-order valence-corrected chi connectivity index (χ1v) is 7.33. The number of imidazole rings is 1. The van der Waals surface area contributed by atoms with Gasteiger partial charge in [0.15, 0.2) is 0 Å². The maximum atomic E-state index is 6.41. The Bertz CT molecular complexity index is 627. The van der Waals surface area contributed by atoms with Crippen molar-refractivity contribution in [2.75, 3.05) is 0 Å². The number of aryl methyl sites for hydroxylation is 1. The first kappa shape index (κ1) is 15.0. The van der Waals surface area contributed by atoms with Gasteiger partial charge in [0.2, 0.25) is 0 Å². The van der Waals surface area contributed by atoms with Gasteiger partial charge >= 0.3 is 0 Å². The molecule has 0 radical (unpaired) electrons. The van der Waals surface area contributed by atoms with E-state index in [2.05, 4.69) is 71.2 Å². The zero-order valence-electron chi connectivity index (χ0n) is 13.8. The van der Waals surface area contributed by atoms with Gasteiger partial charge < -0.3 is 10.3 Å². The first-order valence-electron chi connectivity index (χ1n) is 7.33. The summed E-state index contributed by atoms with van der Waals surface area (Å²) in [6.45, 7) is 15.0. The molecule has 0 aliphatic carbocycles. The molecular weight excluding hydrogens is 246 g/mol. The van der Waals surface area contributed by atoms with Crippen LogP contribution in [0.4, 0.5) is 0 Å². The summed E-state index contributed by atoms with van der Waals surface area (Å²) in [6, 6.07) is 6.82. The van der Waals surface area contributed by atoms with Gasteiger partial charge in [-0.2, -0.15) is 0 Å². The maximum absolute atomic E-state index is 6.41. The fourth-order valence-electron chi connectivity index (χ4n) is 2.46. The molecule has 3 nitrogen and oxygen atoms in total. The van der Waals surface area contributed by atoms with Crippen LogP contribution in [0.25, 0.3) is 11.0 Å². The minimum atomic E-state index is -0.337. The highest BCUT2D eigenvalue weighted by atomic mass is 15.1. The minimum Gasteiger partial charge on any atom is -0.325 e. The Hall–Kier alpha value is -1.35. The van der Waals surface area contributed by atoms with Crippen LogP contribution in [0.1, 0.15) is 59.0 Å². The summed E-state index contributed by atoms with van der Waals surface area (Å²) in [5, 5.41) is 0. The molecule has 110 valence electrons. The van der Waals surface area contributed by atoms with Crippen molar-refractivity contribution in [3.63, 3.8) is 0 Å². The zero-order chi connectivity index (χ0) is 15.3. The van der Waals surface area contributed by atoms with E-state index in [-0.39, 0.29) is 11.0 Å². The van der Waals surface area contributed by atoms with Gasteiger partial charge in [-0.1, -0.05) is 19.9 Å². The van der Waals surface area contributed by atoms with Gasteiger partial charge in [-0.15, -0.1) is 0 Å². The molecule has 2 rings (SSSR count). The van der Waals surface area contributed by atoms with Crippen molar-refractivity contribution in [3.05, 3.63) is 29.6 Å². The second-order valence-electron chi connectivity index (χ2n) is 7.24. The summed E-state index contributed by atoms with van der Waals surface area (Å²) in [5.74, 6) is 1.07. The molecule has 1 heterocycles. The smallest absolute Gasteiger partial charge is 0.117 e. The third-order valence-electron chi connectivity index (χ3n) is 4.53. The monoisotopic (exact) mass is 273 g/mol. The number of rotatable bonds is 3. The highest BCUT2D eigenvalue weighted by Gasteiger charge is 2.39. The van der Waals surface area contributed by atoms with Gasteiger partial charge in [0, 0.05) is 17.0 Å². The third-order valence-corrected chi connectivity index (χ3v) is 4.53. The Balaban J connectivity index is 2.79. The van der Waals surface area contributed by atoms with Gasteiger partial charge in [0.05, 0.1) is 11.0 Å². The Morgan fingerprint density at radius 2 is 1.75 bits per heavy atom. The van der Waals surface area contributed by atoms with Gasteiger partial charge in [0.25, 0.3) is 0 Å². The third kappa shape index (κ3) is 2.24. The standard InChI is InChI=1S/C17H27N3/c1-11(2)20-14-9-8-12(3)10-13(14)19-15(20)16(4,5)17(6,7)18/h8-11H,18H2,1-7H3. The Kier molecular flexibility index (Phi) is 3.45. The molecule has 0 bridgehead atoms. The molecule has 0 spiro atoms. The maximum Gasteiger partial charge on any atom is 0.117 e. The lowest BCUT2D eigenvalue weighted by molar-refractivity contribution is 0.279. The number of hydrogen-bond acceptors (Lipinski definition) is 2. The lowest BCUT2D eigenvalue weighted by Gasteiger charge is -2.38. The van der Waals surface area contributed by atoms with E-state index in [1.807, 2.05) is 0 Å². The lowest BCUT2D eigenvalue weighted by atomic mass is 9.74. The number of hydrogen-bond donors (Lipinski definition) is 1. The van der Waals surface area contributed by atoms with Crippen LogP contribution in [0.3, 0.4) is 0 Å². The van der Waals surface area contributed by atoms with Crippen LogP contribution in [0, 0.1) is 6.92 Å². The highest BCUT2D eigenvalue weighted by Crippen LogP contribution is 2.36. The van der Waals surface area contributed by atoms with Gasteiger partial charge in [-0.3, -0.25) is 0 Å². The average molecular weight is 273 g/mol. The van der Waals surface area contributed by atoms with Crippen molar-refractivity contribution in [2.45, 2.75) is 65.5 Å². The van der Waals surface area contributed by atoms with Crippen LogP contribution >= 0.6 is 0 Å². The number of nitrogens with two attached hydrogens (primary N) is 1. The van der Waals surface area contributed by atoms with Crippen LogP contribution in [-0.4, -0.2) is 15.1 Å². The predicted octanol–water partition coefficient (Wildman–Crippen LogP) is 3.94. The first-order chi connectivity index (χ1) is 9.05. The van der Waals surface area contributed by atoms with Gasteiger partial charge in [-0.05, 0) is 52.3 Å². The van der Waals surface area contributed by atoms with Crippen molar-refractivity contribution < 1.29 is 0 Å². The molecule has 0 unspecified atom stereocenters. The van der Waals surface area contributed by atoms with Crippen molar-refractivity contribution >= 4 is 11.0 Å². The van der Waals surface area contributed by atoms with Crippen LogP contribution < -0.4 is 5.73 Å². The molecule has 0 fully saturated rings. The van der Waals surface area contributed by atoms with E-state index in [1.165, 1.54) is 11.1 Å². The fourth-order valence-corrected chi connectivity index (χ4v) is 2.46. The van der Waals surface area contributed by atoms with E-state index in [0.717, 1.165) is 11.3 Å². The van der Waals surface area contributed by atoms with Crippen molar-refractivity contribution in [1.82, 2.24) is 9.55 Å². The van der Waals surface area contributed by atoms with E-state index in [9.17, 15) is 0 Å². The number of aromatic nitrogens is 2. The molecule has 3 heteroatoms. The second kappa shape index (κ2) is 4.59. The molecule has 0 amide bonds. The fraction of sp³-hybridized carbons (Fsp3) is 0.588. The van der Waals surface area contributed by atoms with E-state index >= 15 is 0 Å². The number of nitrogens with zero attached hydrogens (tertiary/aromatic N) is 2. The summed E-state index contributed by atoms with van der Waals surface area (Å²) in [4.78, 5) is 4.92. The van der Waals surface area contributed by atoms with Crippen LogP contribution in [0.5, 0.6) is 0 Å². The summed E-state index contributed by atoms with van der Waals surface area (Å²) in [7, 11) is 0. The van der Waals surface area contributed by atoms with E-state index < -0.39 is 0 Å². The molecule has 0 aliphatic rings. The van der Waals surface area contributed by atoms with Crippen molar-refractivity contribution in [1.29, 1.82) is 0 Å². The number of fused-ring (bicyclic) bond motifs is 1. The normalized spacial score (nSPS) is 13.4. The summed E-state index contributed by atoms with van der Waals surface area (Å²) in [6.07, 6.45) is 0. The summed E-state index contributed by atoms with van der Waals surface area (Å²) in [5.41, 5.74) is 9.36. The Morgan fingerprint density at radius 3 is 2.25 bits per heavy atom. The van der Waals surface area contributed by atoms with Crippen LogP contribution in [-0.2, 0) is 5.41 Å². The molecule has 2 aromatic rings. The quantitative estimate of drug-likeness (QED) is 0.920. The number of benzene rings is 1. The predicted molar refractivity (Wildman–Crippen MR) is 86.1 cm³/mol. The van der Waals surface area contributed by atoms with Crippen molar-refractivity contribution in [2.24, 2.45) is 5.73 Å². The SMILES string of the molecule is Cc1ccc2c(c1)nc(C(C)(C)C(C)(C)N)n2C(C)C. The lowest BCUT2D eigenvalue weighted by Crippen LogP contribution is -2.51. The highest BCUT2D eigenvalue weighted by molar-refractivity contribution is 5.77. The molecule has 0 atom stereocenters. The molecule has 0 aliphatic heterocycles. The summed E-state index contributed by atoms with van der Waals surface area (Å²) >= 11 is 0.